The van der Waals surface area contributed by atoms with E-state index in [-0.39, 0.29) is 5.91 Å². The van der Waals surface area contributed by atoms with Gasteiger partial charge in [0.2, 0.25) is 5.91 Å². The molecule has 0 unspecified atom stereocenters. The first-order chi connectivity index (χ1) is 6.65. The first kappa shape index (κ1) is 13.2. The van der Waals surface area contributed by atoms with Crippen LogP contribution in [0.4, 0.5) is 0 Å². The number of hydrogen-bond acceptors (Lipinski definition) is 1. The van der Waals surface area contributed by atoms with Crippen molar-refractivity contribution in [2.45, 2.75) is 40.0 Å². The summed E-state index contributed by atoms with van der Waals surface area (Å²) in [4.78, 5) is 11.3. The summed E-state index contributed by atoms with van der Waals surface area (Å²) in [5.41, 5.74) is 0.718. The maximum Gasteiger partial charge on any atom is 0.224 e. The lowest BCUT2D eigenvalue weighted by molar-refractivity contribution is -0.120. The number of carbonyl (C=O) groups excluding carboxylic acids is 1. The van der Waals surface area contributed by atoms with E-state index in [9.17, 15) is 4.79 Å². The minimum absolute atomic E-state index is 0.0206. The van der Waals surface area contributed by atoms with Crippen molar-refractivity contribution >= 4 is 17.5 Å². The largest absolute Gasteiger partial charge is 0.325 e. The fourth-order valence-corrected chi connectivity index (χ4v) is 1.11. The van der Waals surface area contributed by atoms with E-state index in [2.05, 4.69) is 5.32 Å². The summed E-state index contributed by atoms with van der Waals surface area (Å²) in [6.07, 6.45) is 5.79. The van der Waals surface area contributed by atoms with Gasteiger partial charge in [-0.25, -0.2) is 0 Å². The summed E-state index contributed by atoms with van der Waals surface area (Å²) < 4.78 is 0. The lowest BCUT2D eigenvalue weighted by Gasteiger charge is -2.07. The molecule has 0 aromatic rings. The first-order valence-electron chi connectivity index (χ1n) is 4.96. The van der Waals surface area contributed by atoms with Crippen molar-refractivity contribution in [1.29, 1.82) is 0 Å². The molecule has 0 aliphatic rings. The zero-order valence-corrected chi connectivity index (χ0v) is 9.82. The van der Waals surface area contributed by atoms with Crippen LogP contribution in [0.25, 0.3) is 0 Å². The summed E-state index contributed by atoms with van der Waals surface area (Å²) in [6.45, 7) is 5.82. The molecule has 0 aromatic heterocycles. The van der Waals surface area contributed by atoms with Crippen molar-refractivity contribution < 1.29 is 4.79 Å². The topological polar surface area (TPSA) is 29.1 Å². The van der Waals surface area contributed by atoms with E-state index in [0.717, 1.165) is 18.5 Å². The summed E-state index contributed by atoms with van der Waals surface area (Å²) in [6, 6.07) is 0. The maximum atomic E-state index is 11.3. The number of carbonyl (C=O) groups is 1. The van der Waals surface area contributed by atoms with Crippen LogP contribution in [0.2, 0.25) is 0 Å². The third kappa shape index (κ3) is 5.07. The molecule has 0 bridgehead atoms. The molecule has 0 radical (unpaired) electrons. The van der Waals surface area contributed by atoms with Gasteiger partial charge in [0.05, 0.1) is 5.70 Å². The van der Waals surface area contributed by atoms with Gasteiger partial charge in [0.25, 0.3) is 0 Å². The van der Waals surface area contributed by atoms with Gasteiger partial charge < -0.3 is 5.32 Å². The Morgan fingerprint density at radius 1 is 1.43 bits per heavy atom. The zero-order chi connectivity index (χ0) is 11.0. The predicted molar refractivity (Wildman–Crippen MR) is 61.0 cm³/mol. The minimum Gasteiger partial charge on any atom is -0.325 e. The Hall–Kier alpha value is -0.760. The second kappa shape index (κ2) is 7.63. The van der Waals surface area contributed by atoms with Crippen LogP contribution < -0.4 is 5.32 Å². The van der Waals surface area contributed by atoms with E-state index in [1.807, 2.05) is 32.9 Å². The highest BCUT2D eigenvalue weighted by Crippen LogP contribution is 2.12. The Bertz CT molecular complexity index is 244. The maximum absolute atomic E-state index is 11.3. The SMILES string of the molecule is C/C=C\C(NC(=O)CCC)=C(\Cl)CC. The first-order valence-corrected chi connectivity index (χ1v) is 5.34. The number of halogens is 1. The van der Waals surface area contributed by atoms with Crippen LogP contribution >= 0.6 is 11.6 Å². The van der Waals surface area contributed by atoms with Crippen LogP contribution in [-0.4, -0.2) is 5.91 Å². The van der Waals surface area contributed by atoms with Crippen molar-refractivity contribution in [3.05, 3.63) is 22.9 Å². The highest BCUT2D eigenvalue weighted by atomic mass is 35.5. The van der Waals surface area contributed by atoms with E-state index in [1.54, 1.807) is 0 Å². The summed E-state index contributed by atoms with van der Waals surface area (Å²) in [7, 11) is 0. The van der Waals surface area contributed by atoms with Gasteiger partial charge in [0, 0.05) is 11.5 Å². The molecule has 0 saturated carbocycles. The van der Waals surface area contributed by atoms with Crippen molar-refractivity contribution in [2.75, 3.05) is 0 Å². The van der Waals surface area contributed by atoms with Crippen LogP contribution in [0.1, 0.15) is 40.0 Å². The van der Waals surface area contributed by atoms with E-state index in [1.165, 1.54) is 0 Å². The molecule has 14 heavy (non-hydrogen) atoms. The quantitative estimate of drug-likeness (QED) is 0.701. The molecule has 3 heteroatoms. The summed E-state index contributed by atoms with van der Waals surface area (Å²) in [5.74, 6) is 0.0206. The summed E-state index contributed by atoms with van der Waals surface area (Å²) in [5, 5.41) is 3.48. The molecule has 1 amide bonds. The molecule has 0 aliphatic carbocycles. The molecule has 0 spiro atoms. The predicted octanol–water partition coefficient (Wildman–Crippen LogP) is 3.34. The molecule has 0 aliphatic heterocycles. The van der Waals surface area contributed by atoms with Crippen LogP contribution in [0, 0.1) is 0 Å². The molecule has 2 nitrogen and oxygen atoms in total. The smallest absolute Gasteiger partial charge is 0.224 e. The van der Waals surface area contributed by atoms with Crippen molar-refractivity contribution in [3.8, 4) is 0 Å². The van der Waals surface area contributed by atoms with Crippen LogP contribution in [0.5, 0.6) is 0 Å². The molecule has 0 fully saturated rings. The van der Waals surface area contributed by atoms with Gasteiger partial charge in [0.1, 0.15) is 0 Å². The fraction of sp³-hybridized carbons (Fsp3) is 0.545. The molecule has 0 atom stereocenters. The van der Waals surface area contributed by atoms with Crippen LogP contribution in [0.15, 0.2) is 22.9 Å². The molecule has 0 heterocycles. The van der Waals surface area contributed by atoms with Gasteiger partial charge in [-0.05, 0) is 25.8 Å². The summed E-state index contributed by atoms with van der Waals surface area (Å²) >= 11 is 5.97. The van der Waals surface area contributed by atoms with Crippen LogP contribution in [0.3, 0.4) is 0 Å². The highest BCUT2D eigenvalue weighted by molar-refractivity contribution is 6.30. The van der Waals surface area contributed by atoms with E-state index < -0.39 is 0 Å². The highest BCUT2D eigenvalue weighted by Gasteiger charge is 2.04. The number of amides is 1. The van der Waals surface area contributed by atoms with Gasteiger partial charge in [-0.2, -0.15) is 0 Å². The monoisotopic (exact) mass is 215 g/mol. The lowest BCUT2D eigenvalue weighted by atomic mass is 10.2. The molecule has 0 aromatic carbocycles. The second-order valence-corrected chi connectivity index (χ2v) is 3.43. The van der Waals surface area contributed by atoms with Crippen molar-refractivity contribution in [2.24, 2.45) is 0 Å². The van der Waals surface area contributed by atoms with Gasteiger partial charge in [-0.1, -0.05) is 31.5 Å². The molecule has 80 valence electrons. The third-order valence-electron chi connectivity index (χ3n) is 1.69. The number of allylic oxidation sites excluding steroid dienone is 3. The lowest BCUT2D eigenvalue weighted by Crippen LogP contribution is -2.21. The van der Waals surface area contributed by atoms with Gasteiger partial charge in [-0.15, -0.1) is 0 Å². The molecule has 0 rings (SSSR count). The number of hydrogen-bond donors (Lipinski definition) is 1. The van der Waals surface area contributed by atoms with Crippen LogP contribution in [-0.2, 0) is 4.79 Å². The molecular formula is C11H18ClNO. The van der Waals surface area contributed by atoms with Gasteiger partial charge in [-0.3, -0.25) is 4.79 Å². The Labute approximate surface area is 91.0 Å². The molecule has 0 saturated heterocycles. The minimum atomic E-state index is 0.0206. The van der Waals surface area contributed by atoms with Crippen molar-refractivity contribution in [3.63, 3.8) is 0 Å². The number of nitrogens with one attached hydrogen (secondary N) is 1. The van der Waals surface area contributed by atoms with E-state index in [0.29, 0.717) is 11.5 Å². The van der Waals surface area contributed by atoms with Crippen molar-refractivity contribution in [1.82, 2.24) is 5.32 Å². The van der Waals surface area contributed by atoms with Gasteiger partial charge >= 0.3 is 0 Å². The Morgan fingerprint density at radius 3 is 2.50 bits per heavy atom. The fourth-order valence-electron chi connectivity index (χ4n) is 0.997. The second-order valence-electron chi connectivity index (χ2n) is 2.97. The Kier molecular flexibility index (Phi) is 7.21. The van der Waals surface area contributed by atoms with Gasteiger partial charge in [0.15, 0.2) is 0 Å². The normalized spacial score (nSPS) is 12.9. The number of rotatable bonds is 5. The average molecular weight is 216 g/mol. The Balaban J connectivity index is 4.46. The zero-order valence-electron chi connectivity index (χ0n) is 9.06. The molecular weight excluding hydrogens is 198 g/mol. The van der Waals surface area contributed by atoms with E-state index in [4.69, 9.17) is 11.6 Å². The van der Waals surface area contributed by atoms with E-state index >= 15 is 0 Å². The standard InChI is InChI=1S/C11H18ClNO/c1-4-7-10(9(12)6-3)13-11(14)8-5-2/h4,7H,5-6,8H2,1-3H3,(H,13,14)/b7-4-,10-9-. The molecule has 1 N–H and O–H groups in total. The Morgan fingerprint density at radius 2 is 2.07 bits per heavy atom. The average Bonchev–Trinajstić information content (AvgIpc) is 2.16. The third-order valence-corrected chi connectivity index (χ3v) is 2.16.